The van der Waals surface area contributed by atoms with Gasteiger partial charge in [0.1, 0.15) is 5.57 Å². The Bertz CT molecular complexity index is 1200. The van der Waals surface area contributed by atoms with Crippen molar-refractivity contribution in [3.05, 3.63) is 88.8 Å². The number of hydrogen-bond donors (Lipinski definition) is 1. The number of aromatic nitrogens is 1. The number of aryl methyl sites for hydroxylation is 3. The molecule has 1 aliphatic heterocycles. The lowest BCUT2D eigenvalue weighted by molar-refractivity contribution is -0.122. The van der Waals surface area contributed by atoms with E-state index in [-0.39, 0.29) is 5.57 Å². The van der Waals surface area contributed by atoms with Crippen molar-refractivity contribution in [2.45, 2.75) is 20.8 Å². The molecule has 6 nitrogen and oxygen atoms in total. The van der Waals surface area contributed by atoms with Gasteiger partial charge in [-0.3, -0.25) is 14.9 Å². The highest BCUT2D eigenvalue weighted by atomic mass is 16.2. The maximum absolute atomic E-state index is 13.1. The van der Waals surface area contributed by atoms with Crippen LogP contribution in [0.3, 0.4) is 0 Å². The molecule has 1 N–H and O–H groups in total. The van der Waals surface area contributed by atoms with Crippen molar-refractivity contribution >= 4 is 29.6 Å². The van der Waals surface area contributed by atoms with Gasteiger partial charge in [0.05, 0.1) is 5.69 Å². The van der Waals surface area contributed by atoms with E-state index in [1.165, 1.54) is 6.08 Å². The van der Waals surface area contributed by atoms with Gasteiger partial charge < -0.3 is 4.57 Å². The lowest BCUT2D eigenvalue weighted by atomic mass is 10.1. The molecule has 2 heterocycles. The van der Waals surface area contributed by atoms with Crippen LogP contribution < -0.4 is 10.2 Å². The quantitative estimate of drug-likeness (QED) is 0.533. The third kappa shape index (κ3) is 3.43. The normalized spacial score (nSPS) is 15.6. The average molecular weight is 399 g/mol. The number of carbonyl (C=O) groups excluding carboxylic acids is 3. The van der Waals surface area contributed by atoms with E-state index in [9.17, 15) is 14.4 Å². The third-order valence-electron chi connectivity index (χ3n) is 5.08. The first-order valence-corrected chi connectivity index (χ1v) is 9.58. The molecule has 30 heavy (non-hydrogen) atoms. The smallest absolute Gasteiger partial charge is 0.317 e. The van der Waals surface area contributed by atoms with Crippen molar-refractivity contribution in [1.29, 1.82) is 0 Å². The molecule has 3 aromatic rings. The molecule has 150 valence electrons. The van der Waals surface area contributed by atoms with Crippen LogP contribution in [0.4, 0.5) is 10.5 Å². The van der Waals surface area contributed by atoms with Gasteiger partial charge in [0.15, 0.2) is 0 Å². The van der Waals surface area contributed by atoms with Gasteiger partial charge >= 0.3 is 6.03 Å². The Kier molecular flexibility index (Phi) is 4.83. The number of anilines is 1. The van der Waals surface area contributed by atoms with Crippen LogP contribution in [0, 0.1) is 20.8 Å². The number of nitrogens with zero attached hydrogens (tertiary/aromatic N) is 2. The second-order valence-corrected chi connectivity index (χ2v) is 7.39. The molecule has 1 aliphatic rings. The average Bonchev–Trinajstić information content (AvgIpc) is 3.14. The van der Waals surface area contributed by atoms with Crippen molar-refractivity contribution in [3.8, 4) is 5.69 Å². The summed E-state index contributed by atoms with van der Waals surface area (Å²) in [6.07, 6.45) is 3.39. The minimum Gasteiger partial charge on any atom is -0.317 e. The Hall–Kier alpha value is -3.93. The molecule has 6 heteroatoms. The van der Waals surface area contributed by atoms with Gasteiger partial charge in [-0.15, -0.1) is 0 Å². The molecule has 0 unspecified atom stereocenters. The van der Waals surface area contributed by atoms with E-state index < -0.39 is 17.8 Å². The van der Waals surface area contributed by atoms with Crippen LogP contribution in [-0.4, -0.2) is 22.4 Å². The zero-order valence-electron chi connectivity index (χ0n) is 17.0. The predicted octanol–water partition coefficient (Wildman–Crippen LogP) is 4.07. The molecule has 0 aliphatic carbocycles. The summed E-state index contributed by atoms with van der Waals surface area (Å²) in [5, 5.41) is 2.26. The number of barbiturate groups is 1. The summed E-state index contributed by atoms with van der Waals surface area (Å²) in [5.74, 6) is -1.36. The van der Waals surface area contributed by atoms with Crippen LogP contribution in [0.5, 0.6) is 0 Å². The summed E-state index contributed by atoms with van der Waals surface area (Å²) in [6, 6.07) is 16.0. The Morgan fingerprint density at radius 1 is 0.867 bits per heavy atom. The first kappa shape index (κ1) is 19.4. The van der Waals surface area contributed by atoms with Gasteiger partial charge in [-0.25, -0.2) is 9.69 Å². The van der Waals surface area contributed by atoms with Crippen LogP contribution in [0.1, 0.15) is 22.4 Å². The summed E-state index contributed by atoms with van der Waals surface area (Å²) in [5.41, 5.74) is 5.15. The Balaban J connectivity index is 1.76. The molecule has 4 rings (SSSR count). The maximum atomic E-state index is 13.1. The molecular weight excluding hydrogens is 378 g/mol. The standard InChI is InChI=1S/C24H21N3O3/c1-15-6-9-18(10-7-15)27-23(29)20(22(28)25-24(27)30)14-19-5-4-12-26(19)21-11-8-16(2)13-17(21)3/h4-14H,1-3H3,(H,25,28,30)/b20-14+. The van der Waals surface area contributed by atoms with Crippen molar-refractivity contribution in [3.63, 3.8) is 0 Å². The van der Waals surface area contributed by atoms with Gasteiger partial charge in [0.25, 0.3) is 11.8 Å². The number of amides is 4. The van der Waals surface area contributed by atoms with Gasteiger partial charge in [0, 0.05) is 17.6 Å². The minimum atomic E-state index is -0.754. The SMILES string of the molecule is Cc1ccc(N2C(=O)NC(=O)/C(=C\c3cccn3-c3ccc(C)cc3C)C2=O)cc1. The number of benzene rings is 2. The topological polar surface area (TPSA) is 71.4 Å². The van der Waals surface area contributed by atoms with Gasteiger partial charge in [-0.1, -0.05) is 35.4 Å². The zero-order valence-corrected chi connectivity index (χ0v) is 17.0. The summed E-state index contributed by atoms with van der Waals surface area (Å²) in [6.45, 7) is 5.95. The fraction of sp³-hybridized carbons (Fsp3) is 0.125. The van der Waals surface area contributed by atoms with Crippen LogP contribution >= 0.6 is 0 Å². The molecule has 1 aromatic heterocycles. The molecule has 0 radical (unpaired) electrons. The highest BCUT2D eigenvalue weighted by molar-refractivity contribution is 6.39. The number of hydrogen-bond acceptors (Lipinski definition) is 3. The van der Waals surface area contributed by atoms with Crippen LogP contribution in [0.25, 0.3) is 11.8 Å². The van der Waals surface area contributed by atoms with E-state index in [4.69, 9.17) is 0 Å². The van der Waals surface area contributed by atoms with E-state index in [2.05, 4.69) is 11.4 Å². The van der Waals surface area contributed by atoms with Crippen LogP contribution in [0.2, 0.25) is 0 Å². The number of rotatable bonds is 3. The Morgan fingerprint density at radius 3 is 2.27 bits per heavy atom. The molecule has 1 saturated heterocycles. The molecular formula is C24H21N3O3. The highest BCUT2D eigenvalue weighted by Gasteiger charge is 2.36. The fourth-order valence-corrected chi connectivity index (χ4v) is 3.54. The minimum absolute atomic E-state index is 0.0973. The number of nitrogens with one attached hydrogen (secondary N) is 1. The molecule has 0 spiro atoms. The van der Waals surface area contributed by atoms with Crippen molar-refractivity contribution < 1.29 is 14.4 Å². The molecule has 4 amide bonds. The maximum Gasteiger partial charge on any atom is 0.335 e. The first-order valence-electron chi connectivity index (χ1n) is 9.58. The number of urea groups is 1. The molecule has 0 bridgehead atoms. The van der Waals surface area contributed by atoms with Crippen molar-refractivity contribution in [2.75, 3.05) is 4.90 Å². The summed E-state index contributed by atoms with van der Waals surface area (Å²) >= 11 is 0. The lowest BCUT2D eigenvalue weighted by Crippen LogP contribution is -2.54. The fourth-order valence-electron chi connectivity index (χ4n) is 3.54. The van der Waals surface area contributed by atoms with Gasteiger partial charge in [0.2, 0.25) is 0 Å². The number of imide groups is 2. The van der Waals surface area contributed by atoms with Crippen LogP contribution in [0.15, 0.2) is 66.4 Å². The van der Waals surface area contributed by atoms with Gasteiger partial charge in [-0.2, -0.15) is 0 Å². The third-order valence-corrected chi connectivity index (χ3v) is 5.08. The van der Waals surface area contributed by atoms with E-state index in [0.29, 0.717) is 11.4 Å². The molecule has 1 fully saturated rings. The van der Waals surface area contributed by atoms with Crippen LogP contribution in [-0.2, 0) is 9.59 Å². The highest BCUT2D eigenvalue weighted by Crippen LogP contribution is 2.24. The Labute approximate surface area is 174 Å². The Morgan fingerprint density at radius 2 is 1.57 bits per heavy atom. The summed E-state index contributed by atoms with van der Waals surface area (Å²) < 4.78 is 1.91. The molecule has 0 saturated carbocycles. The van der Waals surface area contributed by atoms with E-state index in [1.54, 1.807) is 24.3 Å². The van der Waals surface area contributed by atoms with E-state index in [0.717, 1.165) is 27.3 Å². The molecule has 0 atom stereocenters. The van der Waals surface area contributed by atoms with Crippen molar-refractivity contribution in [1.82, 2.24) is 9.88 Å². The first-order chi connectivity index (χ1) is 14.3. The van der Waals surface area contributed by atoms with E-state index >= 15 is 0 Å². The van der Waals surface area contributed by atoms with E-state index in [1.807, 2.05) is 55.8 Å². The van der Waals surface area contributed by atoms with Gasteiger partial charge in [-0.05, 0) is 62.7 Å². The van der Waals surface area contributed by atoms with Crippen molar-refractivity contribution in [2.24, 2.45) is 0 Å². The number of carbonyl (C=O) groups is 3. The largest absolute Gasteiger partial charge is 0.335 e. The molecule has 2 aromatic carbocycles. The monoisotopic (exact) mass is 399 g/mol. The second-order valence-electron chi connectivity index (χ2n) is 7.39. The lowest BCUT2D eigenvalue weighted by Gasteiger charge is -2.26. The second kappa shape index (κ2) is 7.48. The summed E-state index contributed by atoms with van der Waals surface area (Å²) in [7, 11) is 0. The zero-order chi connectivity index (χ0) is 21.4. The summed E-state index contributed by atoms with van der Waals surface area (Å²) in [4.78, 5) is 38.9. The predicted molar refractivity (Wildman–Crippen MR) is 115 cm³/mol.